The van der Waals surface area contributed by atoms with E-state index >= 15 is 0 Å². The summed E-state index contributed by atoms with van der Waals surface area (Å²) in [7, 11) is 0. The smallest absolute Gasteiger partial charge is 0.282 e. The van der Waals surface area contributed by atoms with Gasteiger partial charge in [-0.1, -0.05) is 12.1 Å². The number of benzene rings is 2. The van der Waals surface area contributed by atoms with Crippen molar-refractivity contribution in [3.63, 3.8) is 0 Å². The summed E-state index contributed by atoms with van der Waals surface area (Å²) >= 11 is 0. The Balaban J connectivity index is 2.06. The number of nitriles is 2. The van der Waals surface area contributed by atoms with Crippen LogP contribution in [0.2, 0.25) is 0 Å². The first kappa shape index (κ1) is 15.6. The Kier molecular flexibility index (Phi) is 3.60. The minimum Gasteiger partial charge on any atom is -0.282 e. The van der Waals surface area contributed by atoms with Crippen molar-refractivity contribution in [1.29, 1.82) is 10.5 Å². The monoisotopic (exact) mass is 333 g/mol. The molecule has 9 heteroatoms. The number of imide groups is 1. The van der Waals surface area contributed by atoms with Crippen molar-refractivity contribution in [2.75, 3.05) is 5.43 Å². The number of hydrazine groups is 1. The molecule has 0 radical (unpaired) electrons. The molecule has 120 valence electrons. The molecule has 0 unspecified atom stereocenters. The molecule has 1 N–H and O–H groups in total. The molecule has 2 aromatic rings. The van der Waals surface area contributed by atoms with E-state index in [-0.39, 0.29) is 27.9 Å². The molecule has 0 saturated carbocycles. The highest BCUT2D eigenvalue weighted by Crippen LogP contribution is 2.31. The van der Waals surface area contributed by atoms with E-state index in [1.807, 2.05) is 0 Å². The quantitative estimate of drug-likeness (QED) is 0.514. The highest BCUT2D eigenvalue weighted by atomic mass is 16.6. The number of carbonyl (C=O) groups is 2. The Morgan fingerprint density at radius 3 is 2.00 bits per heavy atom. The van der Waals surface area contributed by atoms with Crippen molar-refractivity contribution in [2.24, 2.45) is 0 Å². The number of amides is 2. The maximum absolute atomic E-state index is 12.3. The van der Waals surface area contributed by atoms with Gasteiger partial charge in [0.25, 0.3) is 17.5 Å². The maximum Gasteiger partial charge on any atom is 0.295 e. The highest BCUT2D eigenvalue weighted by molar-refractivity contribution is 6.22. The second-order valence-corrected chi connectivity index (χ2v) is 5.00. The van der Waals surface area contributed by atoms with E-state index in [4.69, 9.17) is 10.5 Å². The average Bonchev–Trinajstić information content (AvgIpc) is 2.86. The van der Waals surface area contributed by atoms with Crippen LogP contribution in [0.25, 0.3) is 0 Å². The van der Waals surface area contributed by atoms with Gasteiger partial charge in [-0.2, -0.15) is 15.5 Å². The molecule has 1 heterocycles. The van der Waals surface area contributed by atoms with Gasteiger partial charge in [0.1, 0.15) is 17.8 Å². The number of hydrogen-bond acceptors (Lipinski definition) is 7. The summed E-state index contributed by atoms with van der Waals surface area (Å²) in [5.41, 5.74) is 1.65. The number of nitrogens with one attached hydrogen (secondary N) is 1. The van der Waals surface area contributed by atoms with Gasteiger partial charge in [-0.25, -0.2) is 0 Å². The van der Waals surface area contributed by atoms with Crippen molar-refractivity contribution in [2.45, 2.75) is 0 Å². The number of hydrogen-bond donors (Lipinski definition) is 1. The molecule has 0 aromatic heterocycles. The standard InChI is InChI=1S/C16H7N5O4/c17-7-9-5-13(14(21(24)25)6-10(9)8-18)19-20-15(22)11-3-1-2-4-12(11)16(20)23/h1-6,19H. The number of carbonyl (C=O) groups excluding carboxylic acids is 2. The first-order valence-electron chi connectivity index (χ1n) is 6.85. The molecule has 25 heavy (non-hydrogen) atoms. The van der Waals surface area contributed by atoms with Crippen LogP contribution >= 0.6 is 0 Å². The Bertz CT molecular complexity index is 997. The van der Waals surface area contributed by atoms with Crippen LogP contribution in [0.3, 0.4) is 0 Å². The number of fused-ring (bicyclic) bond motifs is 1. The summed E-state index contributed by atoms with van der Waals surface area (Å²) in [5.74, 6) is -1.34. The molecule has 9 nitrogen and oxygen atoms in total. The fourth-order valence-corrected chi connectivity index (χ4v) is 2.43. The van der Waals surface area contributed by atoms with Crippen LogP contribution in [0.4, 0.5) is 11.4 Å². The van der Waals surface area contributed by atoms with Gasteiger partial charge in [-0.05, 0) is 18.2 Å². The molecule has 0 aliphatic carbocycles. The first-order valence-corrected chi connectivity index (χ1v) is 6.85. The number of anilines is 1. The van der Waals surface area contributed by atoms with Gasteiger partial charge in [0, 0.05) is 6.07 Å². The summed E-state index contributed by atoms with van der Waals surface area (Å²) in [4.78, 5) is 35.1. The van der Waals surface area contributed by atoms with Crippen molar-refractivity contribution >= 4 is 23.2 Å². The number of nitro benzene ring substituents is 1. The number of rotatable bonds is 3. The predicted molar refractivity (Wildman–Crippen MR) is 83.1 cm³/mol. The number of nitrogens with zero attached hydrogens (tertiary/aromatic N) is 4. The van der Waals surface area contributed by atoms with Crippen molar-refractivity contribution in [1.82, 2.24) is 5.01 Å². The minimum atomic E-state index is -0.775. The van der Waals surface area contributed by atoms with Crippen molar-refractivity contribution in [3.05, 3.63) is 68.8 Å². The van der Waals surface area contributed by atoms with Crippen LogP contribution < -0.4 is 5.43 Å². The molecule has 2 aromatic carbocycles. The Hall–Kier alpha value is -4.24. The summed E-state index contributed by atoms with van der Waals surface area (Å²) in [6, 6.07) is 11.5. The lowest BCUT2D eigenvalue weighted by Gasteiger charge is -2.16. The Morgan fingerprint density at radius 2 is 1.52 bits per heavy atom. The van der Waals surface area contributed by atoms with Crippen molar-refractivity contribution < 1.29 is 14.5 Å². The van der Waals surface area contributed by atoms with E-state index in [0.717, 1.165) is 12.1 Å². The van der Waals surface area contributed by atoms with Crippen LogP contribution in [0.1, 0.15) is 31.8 Å². The molecule has 0 bridgehead atoms. The SMILES string of the molecule is N#Cc1cc(NN2C(=O)c3ccccc3C2=O)c([N+](=O)[O-])cc1C#N. The van der Waals surface area contributed by atoms with Gasteiger partial charge in [0.05, 0.1) is 27.2 Å². The van der Waals surface area contributed by atoms with Gasteiger partial charge in [0.2, 0.25) is 0 Å². The van der Waals surface area contributed by atoms with E-state index in [9.17, 15) is 19.7 Å². The second-order valence-electron chi connectivity index (χ2n) is 5.00. The predicted octanol–water partition coefficient (Wildman–Crippen LogP) is 1.96. The van der Waals surface area contributed by atoms with Gasteiger partial charge in [0.15, 0.2) is 0 Å². The molecule has 1 aliphatic heterocycles. The molecule has 2 amide bonds. The maximum atomic E-state index is 12.3. The highest BCUT2D eigenvalue weighted by Gasteiger charge is 2.36. The third-order valence-corrected chi connectivity index (χ3v) is 3.60. The average molecular weight is 333 g/mol. The fraction of sp³-hybridized carbons (Fsp3) is 0. The van der Waals surface area contributed by atoms with Crippen LogP contribution in [0.5, 0.6) is 0 Å². The van der Waals surface area contributed by atoms with Crippen LogP contribution in [-0.2, 0) is 0 Å². The molecule has 0 saturated heterocycles. The molecular weight excluding hydrogens is 326 g/mol. The fourth-order valence-electron chi connectivity index (χ4n) is 2.43. The van der Waals surface area contributed by atoms with Gasteiger partial charge in [-0.15, -0.1) is 0 Å². The molecule has 0 fully saturated rings. The zero-order chi connectivity index (χ0) is 18.1. The second kappa shape index (κ2) is 5.76. The third-order valence-electron chi connectivity index (χ3n) is 3.60. The summed E-state index contributed by atoms with van der Waals surface area (Å²) in [6.07, 6.45) is 0. The normalized spacial score (nSPS) is 12.3. The lowest BCUT2D eigenvalue weighted by atomic mass is 10.1. The first-order chi connectivity index (χ1) is 12.0. The zero-order valence-electron chi connectivity index (χ0n) is 12.4. The van der Waals surface area contributed by atoms with Gasteiger partial charge >= 0.3 is 0 Å². The van der Waals surface area contributed by atoms with E-state index < -0.39 is 22.4 Å². The molecule has 1 aliphatic rings. The van der Waals surface area contributed by atoms with Crippen LogP contribution in [-0.4, -0.2) is 21.7 Å². The van der Waals surface area contributed by atoms with Crippen LogP contribution in [0.15, 0.2) is 36.4 Å². The van der Waals surface area contributed by atoms with Gasteiger partial charge < -0.3 is 0 Å². The van der Waals surface area contributed by atoms with E-state index in [1.54, 1.807) is 24.3 Å². The largest absolute Gasteiger partial charge is 0.295 e. The van der Waals surface area contributed by atoms with Gasteiger partial charge in [-0.3, -0.25) is 25.1 Å². The summed E-state index contributed by atoms with van der Waals surface area (Å²) in [6.45, 7) is 0. The lowest BCUT2D eigenvalue weighted by molar-refractivity contribution is -0.384. The Labute approximate surface area is 140 Å². The van der Waals surface area contributed by atoms with Crippen LogP contribution in [0, 0.1) is 32.8 Å². The number of nitro groups is 1. The Morgan fingerprint density at radius 1 is 1.00 bits per heavy atom. The molecule has 0 spiro atoms. The lowest BCUT2D eigenvalue weighted by Crippen LogP contribution is -2.35. The van der Waals surface area contributed by atoms with E-state index in [1.165, 1.54) is 12.1 Å². The van der Waals surface area contributed by atoms with E-state index in [2.05, 4.69) is 5.43 Å². The molecule has 3 rings (SSSR count). The summed E-state index contributed by atoms with van der Waals surface area (Å²) < 4.78 is 0. The van der Waals surface area contributed by atoms with Crippen molar-refractivity contribution in [3.8, 4) is 12.1 Å². The third kappa shape index (κ3) is 2.42. The molecular formula is C16H7N5O4. The van der Waals surface area contributed by atoms with E-state index in [0.29, 0.717) is 5.01 Å². The topological polar surface area (TPSA) is 140 Å². The summed E-state index contributed by atoms with van der Waals surface area (Å²) in [5, 5.41) is 29.9. The zero-order valence-corrected chi connectivity index (χ0v) is 12.4. The molecule has 0 atom stereocenters. The minimum absolute atomic E-state index is 0.118.